The van der Waals surface area contributed by atoms with Crippen LogP contribution in [0, 0.1) is 17.8 Å². The fourth-order valence-corrected chi connectivity index (χ4v) is 2.41. The zero-order chi connectivity index (χ0) is 9.97. The molecule has 0 amide bonds. The largest absolute Gasteiger partial charge is 0.465 e. The van der Waals surface area contributed by atoms with Crippen LogP contribution < -0.4 is 5.73 Å². The van der Waals surface area contributed by atoms with Crippen LogP contribution in [0.1, 0.15) is 19.3 Å². The molecule has 2 aliphatic carbocycles. The minimum absolute atomic E-state index is 0.0182. The number of esters is 1. The van der Waals surface area contributed by atoms with E-state index in [-0.39, 0.29) is 11.9 Å². The van der Waals surface area contributed by atoms with Gasteiger partial charge in [-0.3, -0.25) is 4.79 Å². The minimum Gasteiger partial charge on any atom is -0.465 e. The second kappa shape index (κ2) is 4.13. The smallest absolute Gasteiger partial charge is 0.309 e. The Labute approximate surface area is 84.3 Å². The molecule has 3 atom stereocenters. The molecule has 0 aromatic carbocycles. The summed E-state index contributed by atoms with van der Waals surface area (Å²) in [5.41, 5.74) is 5.33. The van der Waals surface area contributed by atoms with Crippen molar-refractivity contribution in [2.45, 2.75) is 19.3 Å². The minimum atomic E-state index is -0.0182. The highest BCUT2D eigenvalue weighted by Gasteiger charge is 2.40. The van der Waals surface area contributed by atoms with Crippen LogP contribution in [0.15, 0.2) is 12.2 Å². The van der Waals surface area contributed by atoms with E-state index < -0.39 is 0 Å². The predicted octanol–water partition coefficient (Wildman–Crippen LogP) is 1.09. The van der Waals surface area contributed by atoms with Crippen molar-refractivity contribution >= 4 is 5.97 Å². The van der Waals surface area contributed by atoms with E-state index in [2.05, 4.69) is 12.2 Å². The number of rotatable bonds is 4. The highest BCUT2D eigenvalue weighted by molar-refractivity contribution is 5.74. The zero-order valence-corrected chi connectivity index (χ0v) is 8.32. The normalized spacial score (nSPS) is 33.6. The van der Waals surface area contributed by atoms with E-state index in [1.807, 2.05) is 0 Å². The van der Waals surface area contributed by atoms with Gasteiger partial charge in [0, 0.05) is 0 Å². The Balaban J connectivity index is 1.79. The Morgan fingerprint density at radius 1 is 1.43 bits per heavy atom. The lowest BCUT2D eigenvalue weighted by atomic mass is 9.94. The monoisotopic (exact) mass is 195 g/mol. The van der Waals surface area contributed by atoms with Gasteiger partial charge in [-0.2, -0.15) is 0 Å². The summed E-state index contributed by atoms with van der Waals surface area (Å²) in [7, 11) is 0. The van der Waals surface area contributed by atoms with Gasteiger partial charge in [0.2, 0.25) is 0 Å². The van der Waals surface area contributed by atoms with Crippen LogP contribution in [0.4, 0.5) is 0 Å². The van der Waals surface area contributed by atoms with Crippen molar-refractivity contribution in [1.82, 2.24) is 0 Å². The third-order valence-electron chi connectivity index (χ3n) is 3.17. The van der Waals surface area contributed by atoms with Crippen LogP contribution in [0.5, 0.6) is 0 Å². The molecule has 78 valence electrons. The summed E-state index contributed by atoms with van der Waals surface area (Å²) < 4.78 is 5.17. The molecule has 1 fully saturated rings. The van der Waals surface area contributed by atoms with E-state index in [1.165, 1.54) is 0 Å². The fourth-order valence-electron chi connectivity index (χ4n) is 2.41. The van der Waals surface area contributed by atoms with Gasteiger partial charge in [0.15, 0.2) is 0 Å². The number of allylic oxidation sites excluding steroid dienone is 2. The molecule has 0 spiro atoms. The predicted molar refractivity (Wildman–Crippen MR) is 53.5 cm³/mol. The van der Waals surface area contributed by atoms with Crippen LogP contribution in [-0.2, 0) is 9.53 Å². The maximum atomic E-state index is 11.6. The van der Waals surface area contributed by atoms with E-state index in [0.29, 0.717) is 25.0 Å². The standard InChI is InChI=1S/C11H17NO2/c12-4-1-5-14-11(13)10-7-8-2-3-9(10)6-8/h2-3,8-10H,1,4-7,12H2. The van der Waals surface area contributed by atoms with Gasteiger partial charge in [-0.05, 0) is 37.6 Å². The quantitative estimate of drug-likeness (QED) is 0.415. The van der Waals surface area contributed by atoms with Crippen molar-refractivity contribution < 1.29 is 9.53 Å². The number of hydrogen-bond donors (Lipinski definition) is 1. The number of fused-ring (bicyclic) bond motifs is 2. The molecule has 0 aromatic rings. The van der Waals surface area contributed by atoms with Gasteiger partial charge in [-0.1, -0.05) is 12.2 Å². The SMILES string of the molecule is NCCCOC(=O)C1CC2C=CC1C2. The van der Waals surface area contributed by atoms with Crippen molar-refractivity contribution in [1.29, 1.82) is 0 Å². The van der Waals surface area contributed by atoms with Gasteiger partial charge >= 0.3 is 5.97 Å². The number of ether oxygens (including phenoxy) is 1. The molecule has 2 rings (SSSR count). The van der Waals surface area contributed by atoms with Crippen LogP contribution in [-0.4, -0.2) is 19.1 Å². The van der Waals surface area contributed by atoms with Crippen molar-refractivity contribution in [3.8, 4) is 0 Å². The van der Waals surface area contributed by atoms with Gasteiger partial charge < -0.3 is 10.5 Å². The molecule has 0 aliphatic heterocycles. The van der Waals surface area contributed by atoms with Crippen molar-refractivity contribution in [3.05, 3.63) is 12.2 Å². The van der Waals surface area contributed by atoms with Crippen molar-refractivity contribution in [3.63, 3.8) is 0 Å². The summed E-state index contributed by atoms with van der Waals surface area (Å²) in [5.74, 6) is 1.19. The van der Waals surface area contributed by atoms with E-state index in [4.69, 9.17) is 10.5 Å². The summed E-state index contributed by atoms with van der Waals surface area (Å²) in [6.07, 6.45) is 7.30. The first kappa shape index (κ1) is 9.71. The maximum Gasteiger partial charge on any atom is 0.309 e. The Hall–Kier alpha value is -0.830. The molecule has 3 nitrogen and oxygen atoms in total. The molecule has 2 N–H and O–H groups in total. The van der Waals surface area contributed by atoms with Gasteiger partial charge in [0.1, 0.15) is 0 Å². The Kier molecular flexibility index (Phi) is 2.87. The van der Waals surface area contributed by atoms with Crippen molar-refractivity contribution in [2.24, 2.45) is 23.5 Å². The lowest BCUT2D eigenvalue weighted by Gasteiger charge is -2.16. The second-order valence-corrected chi connectivity index (χ2v) is 4.20. The highest BCUT2D eigenvalue weighted by atomic mass is 16.5. The molecule has 2 aliphatic rings. The summed E-state index contributed by atoms with van der Waals surface area (Å²) >= 11 is 0. The first-order chi connectivity index (χ1) is 6.81. The summed E-state index contributed by atoms with van der Waals surface area (Å²) in [6, 6.07) is 0. The lowest BCUT2D eigenvalue weighted by Crippen LogP contribution is -2.22. The Bertz CT molecular complexity index is 250. The van der Waals surface area contributed by atoms with Crippen LogP contribution in [0.3, 0.4) is 0 Å². The van der Waals surface area contributed by atoms with Gasteiger partial charge in [0.25, 0.3) is 0 Å². The average molecular weight is 195 g/mol. The van der Waals surface area contributed by atoms with Crippen LogP contribution >= 0.6 is 0 Å². The maximum absolute atomic E-state index is 11.6. The molecule has 1 saturated carbocycles. The third-order valence-corrected chi connectivity index (χ3v) is 3.17. The summed E-state index contributed by atoms with van der Waals surface area (Å²) in [5, 5.41) is 0. The van der Waals surface area contributed by atoms with E-state index in [9.17, 15) is 4.79 Å². The molecule has 3 unspecified atom stereocenters. The molecule has 2 bridgehead atoms. The molecule has 0 saturated heterocycles. The summed E-state index contributed by atoms with van der Waals surface area (Å²) in [4.78, 5) is 11.6. The number of nitrogens with two attached hydrogens (primary N) is 1. The second-order valence-electron chi connectivity index (χ2n) is 4.20. The van der Waals surface area contributed by atoms with E-state index in [1.54, 1.807) is 0 Å². The zero-order valence-electron chi connectivity index (χ0n) is 8.32. The molecule has 14 heavy (non-hydrogen) atoms. The first-order valence-electron chi connectivity index (χ1n) is 5.36. The third kappa shape index (κ3) is 1.82. The number of carbonyl (C=O) groups is 1. The summed E-state index contributed by atoms with van der Waals surface area (Å²) in [6.45, 7) is 1.07. The number of hydrogen-bond acceptors (Lipinski definition) is 3. The molecular weight excluding hydrogens is 178 g/mol. The van der Waals surface area contributed by atoms with Gasteiger partial charge in [-0.25, -0.2) is 0 Å². The van der Waals surface area contributed by atoms with Crippen molar-refractivity contribution in [2.75, 3.05) is 13.2 Å². The van der Waals surface area contributed by atoms with Crippen LogP contribution in [0.25, 0.3) is 0 Å². The van der Waals surface area contributed by atoms with E-state index in [0.717, 1.165) is 19.3 Å². The van der Waals surface area contributed by atoms with Gasteiger partial charge in [-0.15, -0.1) is 0 Å². The Morgan fingerprint density at radius 3 is 2.86 bits per heavy atom. The van der Waals surface area contributed by atoms with Gasteiger partial charge in [0.05, 0.1) is 12.5 Å². The molecule has 3 heteroatoms. The molecule has 0 heterocycles. The topological polar surface area (TPSA) is 52.3 Å². The molecular formula is C11H17NO2. The molecule has 0 radical (unpaired) electrons. The lowest BCUT2D eigenvalue weighted by molar-refractivity contribution is -0.149. The first-order valence-corrected chi connectivity index (χ1v) is 5.36. The van der Waals surface area contributed by atoms with E-state index >= 15 is 0 Å². The fraction of sp³-hybridized carbons (Fsp3) is 0.727. The highest BCUT2D eigenvalue weighted by Crippen LogP contribution is 2.43. The number of carbonyl (C=O) groups excluding carboxylic acids is 1. The molecule has 0 aromatic heterocycles. The average Bonchev–Trinajstić information content (AvgIpc) is 2.79. The van der Waals surface area contributed by atoms with Crippen LogP contribution in [0.2, 0.25) is 0 Å². The Morgan fingerprint density at radius 2 is 2.29 bits per heavy atom.